The SMILES string of the molecule is O=S(c1cnc(Br)cn1)C(F)(F)F. The smallest absolute Gasteiger partial charge is 0.245 e. The fourth-order valence-electron chi connectivity index (χ4n) is 0.515. The number of aromatic nitrogens is 2. The molecule has 0 aromatic carbocycles. The number of rotatable bonds is 1. The molecule has 0 bridgehead atoms. The summed E-state index contributed by atoms with van der Waals surface area (Å²) in [4.78, 5) is 6.79. The highest BCUT2D eigenvalue weighted by atomic mass is 79.9. The third-order valence-corrected chi connectivity index (χ3v) is 2.42. The van der Waals surface area contributed by atoms with Crippen molar-refractivity contribution in [2.24, 2.45) is 0 Å². The molecular weight excluding hydrogens is 273 g/mol. The van der Waals surface area contributed by atoms with E-state index in [9.17, 15) is 17.4 Å². The maximum absolute atomic E-state index is 11.9. The van der Waals surface area contributed by atoms with Crippen molar-refractivity contribution in [3.8, 4) is 0 Å². The van der Waals surface area contributed by atoms with Gasteiger partial charge in [0, 0.05) is 0 Å². The van der Waals surface area contributed by atoms with Gasteiger partial charge in [0.1, 0.15) is 4.60 Å². The summed E-state index contributed by atoms with van der Waals surface area (Å²) in [6, 6.07) is 0. The van der Waals surface area contributed by atoms with Gasteiger partial charge in [-0.25, -0.2) is 14.2 Å². The van der Waals surface area contributed by atoms with Crippen LogP contribution >= 0.6 is 15.9 Å². The topological polar surface area (TPSA) is 42.9 Å². The van der Waals surface area contributed by atoms with Crippen molar-refractivity contribution in [2.45, 2.75) is 10.5 Å². The summed E-state index contributed by atoms with van der Waals surface area (Å²) in [7, 11) is -3.10. The Kier molecular flexibility index (Phi) is 3.01. The summed E-state index contributed by atoms with van der Waals surface area (Å²) in [6.45, 7) is 0. The summed E-state index contributed by atoms with van der Waals surface area (Å²) in [5.74, 6) is 0. The molecule has 0 aliphatic carbocycles. The second kappa shape index (κ2) is 3.70. The largest absolute Gasteiger partial charge is 0.477 e. The lowest BCUT2D eigenvalue weighted by molar-refractivity contribution is -0.0386. The van der Waals surface area contributed by atoms with Crippen molar-refractivity contribution in [1.82, 2.24) is 9.97 Å². The molecule has 0 saturated carbocycles. The average Bonchev–Trinajstić information content (AvgIpc) is 2.03. The molecule has 0 fully saturated rings. The van der Waals surface area contributed by atoms with Crippen LogP contribution in [0.25, 0.3) is 0 Å². The van der Waals surface area contributed by atoms with Gasteiger partial charge in [0.25, 0.3) is 0 Å². The minimum atomic E-state index is -4.79. The van der Waals surface area contributed by atoms with Crippen LogP contribution in [-0.4, -0.2) is 19.7 Å². The lowest BCUT2D eigenvalue weighted by Crippen LogP contribution is -2.17. The summed E-state index contributed by atoms with van der Waals surface area (Å²) in [5, 5.41) is -0.601. The van der Waals surface area contributed by atoms with Crippen LogP contribution in [-0.2, 0) is 10.8 Å². The zero-order chi connectivity index (χ0) is 10.1. The third-order valence-electron chi connectivity index (χ3n) is 0.997. The van der Waals surface area contributed by atoms with Gasteiger partial charge < -0.3 is 0 Å². The van der Waals surface area contributed by atoms with E-state index in [0.717, 1.165) is 12.4 Å². The van der Waals surface area contributed by atoms with Gasteiger partial charge in [-0.1, -0.05) is 0 Å². The van der Waals surface area contributed by atoms with Crippen LogP contribution in [0.3, 0.4) is 0 Å². The van der Waals surface area contributed by atoms with Crippen LogP contribution in [0.2, 0.25) is 0 Å². The van der Waals surface area contributed by atoms with E-state index in [1.807, 2.05) is 0 Å². The van der Waals surface area contributed by atoms with Crippen molar-refractivity contribution >= 4 is 26.7 Å². The molecule has 0 spiro atoms. The van der Waals surface area contributed by atoms with Gasteiger partial charge in [0.2, 0.25) is 0 Å². The highest BCUT2D eigenvalue weighted by Crippen LogP contribution is 2.24. The Bertz CT molecular complexity index is 326. The fourth-order valence-corrected chi connectivity index (χ4v) is 1.25. The quantitative estimate of drug-likeness (QED) is 0.785. The average molecular weight is 275 g/mol. The molecule has 72 valence electrons. The van der Waals surface area contributed by atoms with Crippen molar-refractivity contribution < 1.29 is 17.4 Å². The molecular formula is C5H2BrF3N2OS. The molecule has 1 atom stereocenters. The molecule has 1 aromatic rings. The zero-order valence-corrected chi connectivity index (χ0v) is 8.28. The second-order valence-electron chi connectivity index (χ2n) is 1.89. The molecule has 0 amide bonds. The Balaban J connectivity index is 2.97. The van der Waals surface area contributed by atoms with E-state index in [-0.39, 0.29) is 4.60 Å². The van der Waals surface area contributed by atoms with E-state index in [1.165, 1.54) is 0 Å². The maximum atomic E-state index is 11.9. The molecule has 13 heavy (non-hydrogen) atoms. The Hall–Kier alpha value is -0.500. The Labute approximate surface area is 82.0 Å². The highest BCUT2D eigenvalue weighted by Gasteiger charge is 2.39. The number of nitrogens with zero attached hydrogens (tertiary/aromatic N) is 2. The summed E-state index contributed by atoms with van der Waals surface area (Å²) in [6.07, 6.45) is 1.87. The number of hydrogen-bond donors (Lipinski definition) is 0. The molecule has 1 rings (SSSR count). The minimum absolute atomic E-state index is 0.287. The van der Waals surface area contributed by atoms with Crippen LogP contribution in [0.15, 0.2) is 22.0 Å². The summed E-state index contributed by atoms with van der Waals surface area (Å²) in [5.41, 5.74) is -4.79. The Morgan fingerprint density at radius 1 is 1.31 bits per heavy atom. The van der Waals surface area contributed by atoms with Gasteiger partial charge in [0.05, 0.1) is 12.4 Å². The van der Waals surface area contributed by atoms with Crippen molar-refractivity contribution in [2.75, 3.05) is 0 Å². The first-order valence-corrected chi connectivity index (χ1v) is 4.81. The first-order valence-electron chi connectivity index (χ1n) is 2.87. The van der Waals surface area contributed by atoms with E-state index in [2.05, 4.69) is 25.9 Å². The van der Waals surface area contributed by atoms with Crippen LogP contribution in [0.5, 0.6) is 0 Å². The van der Waals surface area contributed by atoms with E-state index < -0.39 is 21.3 Å². The number of halogens is 4. The summed E-state index contributed by atoms with van der Waals surface area (Å²) < 4.78 is 46.5. The Morgan fingerprint density at radius 2 is 1.92 bits per heavy atom. The predicted molar refractivity (Wildman–Crippen MR) is 42.2 cm³/mol. The van der Waals surface area contributed by atoms with Gasteiger partial charge in [0.15, 0.2) is 15.8 Å². The van der Waals surface area contributed by atoms with Gasteiger partial charge in [-0.3, -0.25) is 0 Å². The lowest BCUT2D eigenvalue weighted by atomic mass is 10.8. The molecule has 1 unspecified atom stereocenters. The van der Waals surface area contributed by atoms with Crippen LogP contribution in [0.1, 0.15) is 0 Å². The third kappa shape index (κ3) is 2.73. The zero-order valence-electron chi connectivity index (χ0n) is 5.88. The van der Waals surface area contributed by atoms with Gasteiger partial charge in [-0.15, -0.1) is 0 Å². The first-order chi connectivity index (χ1) is 5.91. The molecule has 0 aliphatic heterocycles. The first kappa shape index (κ1) is 10.6. The second-order valence-corrected chi connectivity index (χ2v) is 4.12. The van der Waals surface area contributed by atoms with Crippen molar-refractivity contribution in [3.63, 3.8) is 0 Å². The van der Waals surface area contributed by atoms with E-state index in [1.54, 1.807) is 0 Å². The lowest BCUT2D eigenvalue weighted by Gasteiger charge is -2.03. The van der Waals surface area contributed by atoms with Crippen molar-refractivity contribution in [1.29, 1.82) is 0 Å². The molecule has 1 heterocycles. The molecule has 0 radical (unpaired) electrons. The van der Waals surface area contributed by atoms with E-state index in [4.69, 9.17) is 0 Å². The van der Waals surface area contributed by atoms with Crippen LogP contribution in [0.4, 0.5) is 13.2 Å². The number of hydrogen-bond acceptors (Lipinski definition) is 3. The molecule has 0 N–H and O–H groups in total. The van der Waals surface area contributed by atoms with Gasteiger partial charge >= 0.3 is 5.51 Å². The van der Waals surface area contributed by atoms with Gasteiger partial charge in [-0.05, 0) is 15.9 Å². The molecule has 0 saturated heterocycles. The Morgan fingerprint density at radius 3 is 2.31 bits per heavy atom. The van der Waals surface area contributed by atoms with Gasteiger partial charge in [-0.2, -0.15) is 13.2 Å². The molecule has 3 nitrogen and oxygen atoms in total. The van der Waals surface area contributed by atoms with Crippen LogP contribution in [0, 0.1) is 0 Å². The predicted octanol–water partition coefficient (Wildman–Crippen LogP) is 1.87. The minimum Gasteiger partial charge on any atom is -0.245 e. The standard InChI is InChI=1S/C5H2BrF3N2OS/c6-3-1-11-4(2-10-3)13(12)5(7,8)9/h1-2H. The van der Waals surface area contributed by atoms with E-state index in [0.29, 0.717) is 0 Å². The van der Waals surface area contributed by atoms with Crippen molar-refractivity contribution in [3.05, 3.63) is 17.0 Å². The maximum Gasteiger partial charge on any atom is 0.477 e. The molecule has 1 aromatic heterocycles. The molecule has 8 heteroatoms. The normalized spacial score (nSPS) is 14.2. The monoisotopic (exact) mass is 274 g/mol. The fraction of sp³-hybridized carbons (Fsp3) is 0.200. The van der Waals surface area contributed by atoms with Crippen LogP contribution < -0.4 is 0 Å². The highest BCUT2D eigenvalue weighted by molar-refractivity contribution is 9.10. The summed E-state index contributed by atoms with van der Waals surface area (Å²) >= 11 is 2.89. The molecule has 0 aliphatic rings. The number of alkyl halides is 3. The van der Waals surface area contributed by atoms with E-state index >= 15 is 0 Å².